The minimum atomic E-state index is -1.32. The van der Waals surface area contributed by atoms with E-state index in [-0.39, 0.29) is 11.7 Å². The number of ether oxygens (including phenoxy) is 1. The van der Waals surface area contributed by atoms with Crippen molar-refractivity contribution in [3.63, 3.8) is 0 Å². The van der Waals surface area contributed by atoms with Crippen LogP contribution in [0.1, 0.15) is 43.1 Å². The van der Waals surface area contributed by atoms with E-state index in [9.17, 15) is 14.7 Å². The molecule has 132 valence electrons. The lowest BCUT2D eigenvalue weighted by atomic mass is 9.88. The van der Waals surface area contributed by atoms with E-state index in [0.717, 1.165) is 0 Å². The third-order valence-electron chi connectivity index (χ3n) is 4.53. The van der Waals surface area contributed by atoms with Crippen molar-refractivity contribution in [1.29, 1.82) is 0 Å². The SMILES string of the molecule is CCC(C)C(C)(Oc1ccc(C(=O)c2ccc(Cl)cc2)cc1)C(=O)O. The molecule has 5 heteroatoms. The lowest BCUT2D eigenvalue weighted by Crippen LogP contribution is -2.47. The van der Waals surface area contributed by atoms with Gasteiger partial charge in [-0.1, -0.05) is 25.4 Å². The zero-order chi connectivity index (χ0) is 18.6. The number of ketones is 1. The lowest BCUT2D eigenvalue weighted by Gasteiger charge is -2.31. The van der Waals surface area contributed by atoms with E-state index in [4.69, 9.17) is 16.3 Å². The molecule has 0 aliphatic heterocycles. The minimum absolute atomic E-state index is 0.133. The maximum atomic E-state index is 12.4. The summed E-state index contributed by atoms with van der Waals surface area (Å²) in [5.41, 5.74) is -0.292. The highest BCUT2D eigenvalue weighted by atomic mass is 35.5. The van der Waals surface area contributed by atoms with Crippen LogP contribution in [0.15, 0.2) is 48.5 Å². The first-order valence-electron chi connectivity index (χ1n) is 8.10. The van der Waals surface area contributed by atoms with Gasteiger partial charge in [0, 0.05) is 22.1 Å². The molecule has 0 aliphatic rings. The van der Waals surface area contributed by atoms with Crippen LogP contribution in [0.2, 0.25) is 5.02 Å². The van der Waals surface area contributed by atoms with Crippen LogP contribution in [-0.4, -0.2) is 22.5 Å². The van der Waals surface area contributed by atoms with Gasteiger partial charge >= 0.3 is 5.97 Å². The van der Waals surface area contributed by atoms with Crippen molar-refractivity contribution < 1.29 is 19.4 Å². The summed E-state index contributed by atoms with van der Waals surface area (Å²) in [6.45, 7) is 5.33. The molecule has 2 rings (SSSR count). The van der Waals surface area contributed by atoms with Gasteiger partial charge in [0.05, 0.1) is 0 Å². The van der Waals surface area contributed by atoms with Crippen LogP contribution in [0.5, 0.6) is 5.75 Å². The Balaban J connectivity index is 2.20. The highest BCUT2D eigenvalue weighted by Gasteiger charge is 2.40. The van der Waals surface area contributed by atoms with Crippen LogP contribution < -0.4 is 4.74 Å². The maximum Gasteiger partial charge on any atom is 0.348 e. The molecule has 4 nitrogen and oxygen atoms in total. The van der Waals surface area contributed by atoms with Crippen molar-refractivity contribution in [3.8, 4) is 5.75 Å². The Bertz CT molecular complexity index is 752. The van der Waals surface area contributed by atoms with Crippen molar-refractivity contribution in [2.75, 3.05) is 0 Å². The van der Waals surface area contributed by atoms with Gasteiger partial charge in [0.2, 0.25) is 5.60 Å². The monoisotopic (exact) mass is 360 g/mol. The van der Waals surface area contributed by atoms with Crippen LogP contribution in [0.25, 0.3) is 0 Å². The summed E-state index contributed by atoms with van der Waals surface area (Å²) in [5, 5.41) is 10.1. The number of rotatable bonds is 7. The number of carboxylic acid groups (broad SMARTS) is 1. The predicted molar refractivity (Wildman–Crippen MR) is 97.5 cm³/mol. The second-order valence-electron chi connectivity index (χ2n) is 6.18. The molecule has 0 saturated heterocycles. The normalized spacial score (nSPS) is 14.4. The van der Waals surface area contributed by atoms with Crippen molar-refractivity contribution in [1.82, 2.24) is 0 Å². The van der Waals surface area contributed by atoms with E-state index in [1.54, 1.807) is 55.5 Å². The van der Waals surface area contributed by atoms with Crippen LogP contribution in [0.4, 0.5) is 0 Å². The summed E-state index contributed by atoms with van der Waals surface area (Å²) >= 11 is 5.83. The number of halogens is 1. The number of carbonyl (C=O) groups excluding carboxylic acids is 1. The van der Waals surface area contributed by atoms with E-state index in [1.165, 1.54) is 0 Å². The molecule has 25 heavy (non-hydrogen) atoms. The number of benzene rings is 2. The summed E-state index contributed by atoms with van der Waals surface area (Å²) in [4.78, 5) is 24.1. The van der Waals surface area contributed by atoms with E-state index in [2.05, 4.69) is 0 Å². The molecule has 0 aliphatic carbocycles. The van der Waals surface area contributed by atoms with Crippen LogP contribution in [-0.2, 0) is 4.79 Å². The van der Waals surface area contributed by atoms with Crippen molar-refractivity contribution in [2.45, 2.75) is 32.8 Å². The molecule has 2 aromatic carbocycles. The third kappa shape index (κ3) is 4.20. The maximum absolute atomic E-state index is 12.4. The van der Waals surface area contributed by atoms with Gasteiger partial charge in [-0.25, -0.2) is 4.79 Å². The molecule has 0 aromatic heterocycles. The van der Waals surface area contributed by atoms with Gasteiger partial charge in [-0.3, -0.25) is 4.79 Å². The van der Waals surface area contributed by atoms with Gasteiger partial charge < -0.3 is 9.84 Å². The second kappa shape index (κ2) is 7.70. The average molecular weight is 361 g/mol. The summed E-state index contributed by atoms with van der Waals surface area (Å²) in [6, 6.07) is 13.2. The van der Waals surface area contributed by atoms with Gasteiger partial charge in [-0.15, -0.1) is 0 Å². The molecule has 0 saturated carbocycles. The molecule has 0 bridgehead atoms. The topological polar surface area (TPSA) is 63.6 Å². The molecule has 0 amide bonds. The fraction of sp³-hybridized carbons (Fsp3) is 0.300. The number of aliphatic carboxylic acids is 1. The molecule has 0 fully saturated rings. The van der Waals surface area contributed by atoms with Gasteiger partial charge in [0.25, 0.3) is 0 Å². The van der Waals surface area contributed by atoms with Gasteiger partial charge in [-0.05, 0) is 61.9 Å². The molecule has 2 aromatic rings. The Labute approximate surface area is 152 Å². The van der Waals surface area contributed by atoms with Gasteiger partial charge in [0.15, 0.2) is 5.78 Å². The van der Waals surface area contributed by atoms with E-state index in [1.807, 2.05) is 13.8 Å². The molecular formula is C20H21ClO4. The Morgan fingerprint density at radius 1 is 1.08 bits per heavy atom. The van der Waals surface area contributed by atoms with Crippen molar-refractivity contribution in [2.24, 2.45) is 5.92 Å². The first kappa shape index (κ1) is 19.0. The third-order valence-corrected chi connectivity index (χ3v) is 4.78. The van der Waals surface area contributed by atoms with Crippen LogP contribution >= 0.6 is 11.6 Å². The molecule has 0 radical (unpaired) electrons. The molecular weight excluding hydrogens is 340 g/mol. The minimum Gasteiger partial charge on any atom is -0.478 e. The Hall–Kier alpha value is -2.33. The number of hydrogen-bond donors (Lipinski definition) is 1. The van der Waals surface area contributed by atoms with E-state index >= 15 is 0 Å². The Morgan fingerprint density at radius 3 is 2.00 bits per heavy atom. The average Bonchev–Trinajstić information content (AvgIpc) is 2.61. The lowest BCUT2D eigenvalue weighted by molar-refractivity contribution is -0.158. The Morgan fingerprint density at radius 2 is 1.56 bits per heavy atom. The number of hydrogen-bond acceptors (Lipinski definition) is 3. The fourth-order valence-electron chi connectivity index (χ4n) is 2.43. The molecule has 1 N–H and O–H groups in total. The van der Waals surface area contributed by atoms with E-state index in [0.29, 0.717) is 28.3 Å². The smallest absolute Gasteiger partial charge is 0.348 e. The molecule has 0 spiro atoms. The fourth-order valence-corrected chi connectivity index (χ4v) is 2.56. The zero-order valence-corrected chi connectivity index (χ0v) is 15.2. The summed E-state index contributed by atoms with van der Waals surface area (Å²) in [6.07, 6.45) is 0.677. The van der Waals surface area contributed by atoms with Crippen LogP contribution in [0.3, 0.4) is 0 Å². The largest absolute Gasteiger partial charge is 0.478 e. The summed E-state index contributed by atoms with van der Waals surface area (Å²) < 4.78 is 5.74. The van der Waals surface area contributed by atoms with E-state index < -0.39 is 11.6 Å². The number of carbonyl (C=O) groups is 2. The highest BCUT2D eigenvalue weighted by molar-refractivity contribution is 6.30. The molecule has 2 atom stereocenters. The van der Waals surface area contributed by atoms with Gasteiger partial charge in [0.1, 0.15) is 5.75 Å². The van der Waals surface area contributed by atoms with Crippen molar-refractivity contribution in [3.05, 3.63) is 64.7 Å². The molecule has 0 heterocycles. The summed E-state index contributed by atoms with van der Waals surface area (Å²) in [7, 11) is 0. The van der Waals surface area contributed by atoms with Gasteiger partial charge in [-0.2, -0.15) is 0 Å². The first-order chi connectivity index (χ1) is 11.8. The standard InChI is InChI=1S/C20H21ClO4/c1-4-13(2)20(3,19(23)24)25-17-11-7-15(8-12-17)18(22)14-5-9-16(21)10-6-14/h5-13H,4H2,1-3H3,(H,23,24). The highest BCUT2D eigenvalue weighted by Crippen LogP contribution is 2.28. The number of carboxylic acids is 1. The predicted octanol–water partition coefficient (Wildman–Crippen LogP) is 4.84. The quantitative estimate of drug-likeness (QED) is 0.717. The first-order valence-corrected chi connectivity index (χ1v) is 8.48. The second-order valence-corrected chi connectivity index (χ2v) is 6.62. The van der Waals surface area contributed by atoms with Crippen LogP contribution in [0, 0.1) is 5.92 Å². The molecule has 2 unspecified atom stereocenters. The van der Waals surface area contributed by atoms with Crippen molar-refractivity contribution >= 4 is 23.4 Å². The Kier molecular flexibility index (Phi) is 5.85. The summed E-state index contributed by atoms with van der Waals surface area (Å²) in [5.74, 6) is -0.896. The zero-order valence-electron chi connectivity index (χ0n) is 14.5.